The summed E-state index contributed by atoms with van der Waals surface area (Å²) in [6.45, 7) is 1.48. The lowest BCUT2D eigenvalue weighted by Crippen LogP contribution is -1.86. The van der Waals surface area contributed by atoms with Gasteiger partial charge in [0.25, 0.3) is 0 Å². The van der Waals surface area contributed by atoms with Crippen LogP contribution in [0.3, 0.4) is 0 Å². The molecule has 82 valence electrons. The highest BCUT2D eigenvalue weighted by Crippen LogP contribution is 2.32. The number of rotatable bonds is 3. The predicted octanol–water partition coefficient (Wildman–Crippen LogP) is 3.79. The standard InChI is InChI=1S/C11H8BrNO2S/c1-7(14)9-4-5-10(15-9)16-11-8(12)3-2-6-13-11/h2-6H,1H3. The second-order valence-corrected chi connectivity index (χ2v) is 4.91. The number of pyridine rings is 1. The highest BCUT2D eigenvalue weighted by atomic mass is 79.9. The average Bonchev–Trinajstić information content (AvgIpc) is 2.70. The molecule has 0 atom stereocenters. The van der Waals surface area contributed by atoms with Gasteiger partial charge < -0.3 is 4.42 Å². The molecule has 0 saturated heterocycles. The van der Waals surface area contributed by atoms with Gasteiger partial charge in [0, 0.05) is 13.1 Å². The lowest BCUT2D eigenvalue weighted by atomic mass is 10.3. The van der Waals surface area contributed by atoms with Gasteiger partial charge in [0.05, 0.1) is 4.47 Å². The van der Waals surface area contributed by atoms with E-state index in [-0.39, 0.29) is 5.78 Å². The van der Waals surface area contributed by atoms with E-state index in [2.05, 4.69) is 20.9 Å². The van der Waals surface area contributed by atoms with Gasteiger partial charge >= 0.3 is 0 Å². The van der Waals surface area contributed by atoms with E-state index < -0.39 is 0 Å². The van der Waals surface area contributed by atoms with Crippen LogP contribution in [0.15, 0.2) is 49.5 Å². The Morgan fingerprint density at radius 1 is 1.44 bits per heavy atom. The number of carbonyl (C=O) groups excluding carboxylic acids is 1. The molecule has 2 heterocycles. The van der Waals surface area contributed by atoms with Crippen LogP contribution in [0.2, 0.25) is 0 Å². The van der Waals surface area contributed by atoms with Crippen LogP contribution in [-0.4, -0.2) is 10.8 Å². The van der Waals surface area contributed by atoms with E-state index >= 15 is 0 Å². The molecule has 0 aliphatic rings. The maximum Gasteiger partial charge on any atom is 0.194 e. The normalized spacial score (nSPS) is 10.4. The Hall–Kier alpha value is -1.07. The fraction of sp³-hybridized carbons (Fsp3) is 0.0909. The molecule has 2 aromatic heterocycles. The molecule has 0 aliphatic carbocycles. The van der Waals surface area contributed by atoms with Crippen molar-refractivity contribution in [1.29, 1.82) is 0 Å². The minimum atomic E-state index is -0.0769. The van der Waals surface area contributed by atoms with E-state index in [0.29, 0.717) is 10.9 Å². The lowest BCUT2D eigenvalue weighted by Gasteiger charge is -1.98. The van der Waals surface area contributed by atoms with Crippen molar-refractivity contribution in [2.24, 2.45) is 0 Å². The van der Waals surface area contributed by atoms with Gasteiger partial charge in [-0.25, -0.2) is 4.98 Å². The molecule has 0 fully saturated rings. The zero-order chi connectivity index (χ0) is 11.5. The predicted molar refractivity (Wildman–Crippen MR) is 64.8 cm³/mol. The van der Waals surface area contributed by atoms with Crippen LogP contribution in [0.25, 0.3) is 0 Å². The van der Waals surface area contributed by atoms with Crippen molar-refractivity contribution in [1.82, 2.24) is 4.98 Å². The third-order valence-electron chi connectivity index (χ3n) is 1.85. The third kappa shape index (κ3) is 2.54. The van der Waals surface area contributed by atoms with Gasteiger partial charge in [-0.3, -0.25) is 4.79 Å². The summed E-state index contributed by atoms with van der Waals surface area (Å²) in [6, 6.07) is 7.19. The largest absolute Gasteiger partial charge is 0.446 e. The van der Waals surface area contributed by atoms with E-state index in [1.807, 2.05) is 12.1 Å². The maximum absolute atomic E-state index is 11.1. The summed E-state index contributed by atoms with van der Waals surface area (Å²) in [4.78, 5) is 15.2. The van der Waals surface area contributed by atoms with Gasteiger partial charge in [-0.05, 0) is 52.0 Å². The Morgan fingerprint density at radius 3 is 2.88 bits per heavy atom. The minimum absolute atomic E-state index is 0.0769. The molecule has 0 spiro atoms. The highest BCUT2D eigenvalue weighted by Gasteiger charge is 2.09. The van der Waals surface area contributed by atoms with Crippen molar-refractivity contribution in [3.8, 4) is 0 Å². The van der Waals surface area contributed by atoms with E-state index in [9.17, 15) is 4.79 Å². The molecule has 3 nitrogen and oxygen atoms in total. The first-order valence-electron chi connectivity index (χ1n) is 4.56. The van der Waals surface area contributed by atoms with Crippen molar-refractivity contribution in [3.05, 3.63) is 40.7 Å². The number of nitrogens with zero attached hydrogens (tertiary/aromatic N) is 1. The number of carbonyl (C=O) groups is 1. The molecule has 0 amide bonds. The topological polar surface area (TPSA) is 43.1 Å². The molecule has 0 saturated carbocycles. The number of furan rings is 1. The molecule has 16 heavy (non-hydrogen) atoms. The summed E-state index contributed by atoms with van der Waals surface area (Å²) in [5.41, 5.74) is 0. The molecule has 2 rings (SSSR count). The number of aromatic nitrogens is 1. The van der Waals surface area contributed by atoms with Crippen LogP contribution in [0.4, 0.5) is 0 Å². The summed E-state index contributed by atoms with van der Waals surface area (Å²) >= 11 is 4.77. The van der Waals surface area contributed by atoms with Crippen LogP contribution >= 0.6 is 27.7 Å². The average molecular weight is 298 g/mol. The SMILES string of the molecule is CC(=O)c1ccc(Sc2ncccc2Br)o1. The quantitative estimate of drug-likeness (QED) is 0.809. The maximum atomic E-state index is 11.1. The molecule has 5 heteroatoms. The third-order valence-corrected chi connectivity index (χ3v) is 3.69. The van der Waals surface area contributed by atoms with Gasteiger partial charge in [-0.1, -0.05) is 0 Å². The Labute approximate surface area is 105 Å². The van der Waals surface area contributed by atoms with Gasteiger partial charge in [0.2, 0.25) is 0 Å². The van der Waals surface area contributed by atoms with Crippen LogP contribution in [0.1, 0.15) is 17.5 Å². The first-order chi connectivity index (χ1) is 7.66. The minimum Gasteiger partial charge on any atom is -0.446 e. The van der Waals surface area contributed by atoms with Crippen molar-refractivity contribution in [2.75, 3.05) is 0 Å². The fourth-order valence-corrected chi connectivity index (χ4v) is 2.34. The fourth-order valence-electron chi connectivity index (χ4n) is 1.11. The van der Waals surface area contributed by atoms with Gasteiger partial charge in [-0.2, -0.15) is 0 Å². The summed E-state index contributed by atoms with van der Waals surface area (Å²) in [5.74, 6) is 0.293. The van der Waals surface area contributed by atoms with E-state index in [0.717, 1.165) is 9.50 Å². The van der Waals surface area contributed by atoms with Crippen LogP contribution in [-0.2, 0) is 0 Å². The van der Waals surface area contributed by atoms with Gasteiger partial charge in [0.15, 0.2) is 16.6 Å². The van der Waals surface area contributed by atoms with E-state index in [1.165, 1.54) is 18.7 Å². The second-order valence-electron chi connectivity index (χ2n) is 3.07. The number of hydrogen-bond acceptors (Lipinski definition) is 4. The summed E-state index contributed by atoms with van der Waals surface area (Å²) in [7, 11) is 0. The number of halogens is 1. The molecule has 0 radical (unpaired) electrons. The van der Waals surface area contributed by atoms with Crippen molar-refractivity contribution >= 4 is 33.5 Å². The van der Waals surface area contributed by atoms with Crippen LogP contribution < -0.4 is 0 Å². The molecule has 0 N–H and O–H groups in total. The zero-order valence-corrected chi connectivity index (χ0v) is 10.8. The summed E-state index contributed by atoms with van der Waals surface area (Å²) in [5, 5.41) is 1.47. The molecule has 0 bridgehead atoms. The molecule has 0 unspecified atom stereocenters. The van der Waals surface area contributed by atoms with E-state index in [4.69, 9.17) is 4.42 Å². The number of ketones is 1. The Morgan fingerprint density at radius 2 is 2.25 bits per heavy atom. The monoisotopic (exact) mass is 297 g/mol. The van der Waals surface area contributed by atoms with E-state index in [1.54, 1.807) is 18.3 Å². The van der Waals surface area contributed by atoms with Crippen LogP contribution in [0.5, 0.6) is 0 Å². The van der Waals surface area contributed by atoms with Crippen molar-refractivity contribution < 1.29 is 9.21 Å². The Kier molecular flexibility index (Phi) is 3.46. The van der Waals surface area contributed by atoms with Gasteiger partial charge in [0.1, 0.15) is 5.03 Å². The first kappa shape index (κ1) is 11.4. The molecule has 0 aliphatic heterocycles. The van der Waals surface area contributed by atoms with Gasteiger partial charge in [-0.15, -0.1) is 0 Å². The Bertz CT molecular complexity index is 524. The molecular weight excluding hydrogens is 290 g/mol. The van der Waals surface area contributed by atoms with Crippen molar-refractivity contribution in [2.45, 2.75) is 17.0 Å². The number of hydrogen-bond donors (Lipinski definition) is 0. The highest BCUT2D eigenvalue weighted by molar-refractivity contribution is 9.10. The smallest absolute Gasteiger partial charge is 0.194 e. The Balaban J connectivity index is 2.21. The van der Waals surface area contributed by atoms with Crippen LogP contribution in [0, 0.1) is 0 Å². The summed E-state index contributed by atoms with van der Waals surface area (Å²) in [6.07, 6.45) is 1.71. The molecule has 0 aromatic carbocycles. The second kappa shape index (κ2) is 4.84. The lowest BCUT2D eigenvalue weighted by molar-refractivity contribution is 0.0982. The first-order valence-corrected chi connectivity index (χ1v) is 6.17. The zero-order valence-electron chi connectivity index (χ0n) is 8.44. The number of Topliss-reactive ketones (excluding diaryl/α,β-unsaturated/α-hetero) is 1. The summed E-state index contributed by atoms with van der Waals surface area (Å²) < 4.78 is 6.26. The molecule has 2 aromatic rings. The molecular formula is C11H8BrNO2S. The van der Waals surface area contributed by atoms with Crippen molar-refractivity contribution in [3.63, 3.8) is 0 Å².